The Labute approximate surface area is 211 Å². The highest BCUT2D eigenvalue weighted by Crippen LogP contribution is 2.34. The normalized spacial score (nSPS) is 13.2. The maximum atomic E-state index is 12.7. The van der Waals surface area contributed by atoms with E-state index < -0.39 is 11.9 Å². The molecule has 0 spiro atoms. The number of carbonyl (C=O) groups is 3. The van der Waals surface area contributed by atoms with Crippen LogP contribution in [0.5, 0.6) is 11.5 Å². The second-order valence-electron chi connectivity index (χ2n) is 8.85. The van der Waals surface area contributed by atoms with Gasteiger partial charge in [0.15, 0.2) is 11.5 Å². The molecule has 0 aliphatic carbocycles. The topological polar surface area (TPSA) is 131 Å². The number of primary amides is 1. The van der Waals surface area contributed by atoms with Crippen molar-refractivity contribution in [3.8, 4) is 11.5 Å². The number of nitrogens with one attached hydrogen (secondary N) is 1. The van der Waals surface area contributed by atoms with E-state index in [1.165, 1.54) is 0 Å². The first kappa shape index (κ1) is 27.0. The first-order valence-corrected chi connectivity index (χ1v) is 12.4. The number of ether oxygens (including phenoxy) is 2. The highest BCUT2D eigenvalue weighted by atomic mass is 16.5. The zero-order chi connectivity index (χ0) is 26.1. The number of carboxylic acids is 1. The van der Waals surface area contributed by atoms with E-state index in [1.807, 2.05) is 37.3 Å². The van der Waals surface area contributed by atoms with Crippen molar-refractivity contribution in [2.45, 2.75) is 52.0 Å². The Morgan fingerprint density at radius 1 is 1.14 bits per heavy atom. The van der Waals surface area contributed by atoms with Gasteiger partial charge < -0.3 is 30.5 Å². The SMILES string of the molecule is CCOc1ccccc1OCCNC(C)Cc1cc2c(c(C(N)=O)c1)N(C(=O)CCCC(=O)O)CC2. The highest BCUT2D eigenvalue weighted by molar-refractivity contribution is 6.06. The Morgan fingerprint density at radius 2 is 1.86 bits per heavy atom. The third-order valence-electron chi connectivity index (χ3n) is 6.01. The Balaban J connectivity index is 1.58. The average molecular weight is 498 g/mol. The summed E-state index contributed by atoms with van der Waals surface area (Å²) in [7, 11) is 0. The van der Waals surface area contributed by atoms with E-state index in [-0.39, 0.29) is 31.2 Å². The molecule has 1 heterocycles. The monoisotopic (exact) mass is 497 g/mol. The number of anilines is 1. The van der Waals surface area contributed by atoms with Gasteiger partial charge in [0.05, 0.1) is 17.9 Å². The second-order valence-corrected chi connectivity index (χ2v) is 8.85. The molecule has 0 radical (unpaired) electrons. The fourth-order valence-corrected chi connectivity index (χ4v) is 4.43. The van der Waals surface area contributed by atoms with E-state index >= 15 is 0 Å². The Bertz CT molecular complexity index is 1090. The van der Waals surface area contributed by atoms with Crippen molar-refractivity contribution in [1.29, 1.82) is 0 Å². The minimum absolute atomic E-state index is 0.0665. The quantitative estimate of drug-likeness (QED) is 0.342. The van der Waals surface area contributed by atoms with Gasteiger partial charge >= 0.3 is 5.97 Å². The number of carbonyl (C=O) groups excluding carboxylic acids is 2. The zero-order valence-electron chi connectivity index (χ0n) is 20.9. The molecule has 2 aromatic carbocycles. The van der Waals surface area contributed by atoms with Crippen LogP contribution in [0.3, 0.4) is 0 Å². The number of nitrogens with two attached hydrogens (primary N) is 1. The van der Waals surface area contributed by atoms with Crippen molar-refractivity contribution < 1.29 is 29.0 Å². The van der Waals surface area contributed by atoms with Gasteiger partial charge in [0.25, 0.3) is 5.91 Å². The second kappa shape index (κ2) is 12.9. The minimum atomic E-state index is -0.934. The molecule has 0 saturated carbocycles. The molecule has 36 heavy (non-hydrogen) atoms. The Morgan fingerprint density at radius 3 is 2.53 bits per heavy atom. The number of nitrogens with zero attached hydrogens (tertiary/aromatic N) is 1. The lowest BCUT2D eigenvalue weighted by Gasteiger charge is -2.21. The molecule has 4 N–H and O–H groups in total. The number of benzene rings is 2. The summed E-state index contributed by atoms with van der Waals surface area (Å²) in [5.74, 6) is -0.275. The van der Waals surface area contributed by atoms with Crippen LogP contribution < -0.4 is 25.4 Å². The fraction of sp³-hybridized carbons (Fsp3) is 0.444. The molecule has 0 aromatic heterocycles. The number of para-hydroxylation sites is 2. The van der Waals surface area contributed by atoms with Crippen molar-refractivity contribution in [2.75, 3.05) is 31.2 Å². The fourth-order valence-electron chi connectivity index (χ4n) is 4.43. The van der Waals surface area contributed by atoms with E-state index in [0.29, 0.717) is 56.1 Å². The Kier molecular flexibility index (Phi) is 9.69. The smallest absolute Gasteiger partial charge is 0.303 e. The van der Waals surface area contributed by atoms with Gasteiger partial charge in [0.2, 0.25) is 5.91 Å². The molecule has 0 fully saturated rings. The van der Waals surface area contributed by atoms with Crippen molar-refractivity contribution >= 4 is 23.5 Å². The molecule has 1 aliphatic heterocycles. The largest absolute Gasteiger partial charge is 0.490 e. The van der Waals surface area contributed by atoms with Crippen LogP contribution in [0, 0.1) is 0 Å². The first-order chi connectivity index (χ1) is 17.3. The van der Waals surface area contributed by atoms with Crippen LogP contribution in [0.25, 0.3) is 0 Å². The molecule has 2 amide bonds. The Hall–Kier alpha value is -3.59. The van der Waals surface area contributed by atoms with E-state index in [4.69, 9.17) is 20.3 Å². The summed E-state index contributed by atoms with van der Waals surface area (Å²) in [6, 6.07) is 11.5. The molecule has 1 unspecified atom stereocenters. The molecule has 2 aromatic rings. The summed E-state index contributed by atoms with van der Waals surface area (Å²) in [5, 5.41) is 12.3. The predicted octanol–water partition coefficient (Wildman–Crippen LogP) is 2.93. The zero-order valence-corrected chi connectivity index (χ0v) is 20.9. The standard InChI is InChI=1S/C27H35N3O6/c1-3-35-22-7-4-5-8-23(22)36-14-12-29-18(2)15-19-16-20-11-13-30(24(31)9-6-10-25(32)33)26(20)21(17-19)27(28)34/h4-5,7-8,16-18,29H,3,6,9-15H2,1-2H3,(H2,28,34)(H,32,33). The summed E-state index contributed by atoms with van der Waals surface area (Å²) in [6.45, 7) is 6.13. The van der Waals surface area contributed by atoms with Gasteiger partial charge in [0.1, 0.15) is 6.61 Å². The summed E-state index contributed by atoms with van der Waals surface area (Å²) < 4.78 is 11.4. The van der Waals surface area contributed by atoms with Crippen molar-refractivity contribution in [3.63, 3.8) is 0 Å². The molecule has 0 bridgehead atoms. The summed E-state index contributed by atoms with van der Waals surface area (Å²) >= 11 is 0. The van der Waals surface area contributed by atoms with Crippen LogP contribution in [0.4, 0.5) is 5.69 Å². The van der Waals surface area contributed by atoms with E-state index in [0.717, 1.165) is 16.9 Å². The molecule has 1 atom stereocenters. The van der Waals surface area contributed by atoms with Gasteiger partial charge in [0, 0.05) is 32.0 Å². The molecular formula is C27H35N3O6. The van der Waals surface area contributed by atoms with Crippen LogP contribution in [-0.4, -0.2) is 55.2 Å². The maximum Gasteiger partial charge on any atom is 0.303 e. The number of aliphatic carboxylic acids is 1. The van der Waals surface area contributed by atoms with Crippen molar-refractivity contribution in [1.82, 2.24) is 5.32 Å². The lowest BCUT2D eigenvalue weighted by Crippen LogP contribution is -2.32. The molecule has 9 heteroatoms. The average Bonchev–Trinajstić information content (AvgIpc) is 3.26. The van der Waals surface area contributed by atoms with Crippen molar-refractivity contribution in [3.05, 3.63) is 53.1 Å². The van der Waals surface area contributed by atoms with Gasteiger partial charge in [-0.3, -0.25) is 14.4 Å². The number of rotatable bonds is 14. The van der Waals surface area contributed by atoms with Gasteiger partial charge in [-0.15, -0.1) is 0 Å². The van der Waals surface area contributed by atoms with Crippen LogP contribution in [0.15, 0.2) is 36.4 Å². The minimum Gasteiger partial charge on any atom is -0.490 e. The van der Waals surface area contributed by atoms with E-state index in [2.05, 4.69) is 12.2 Å². The number of hydrogen-bond acceptors (Lipinski definition) is 6. The summed E-state index contributed by atoms with van der Waals surface area (Å²) in [6.07, 6.45) is 1.61. The van der Waals surface area contributed by atoms with Crippen LogP contribution >= 0.6 is 0 Å². The number of fused-ring (bicyclic) bond motifs is 1. The number of amides is 2. The van der Waals surface area contributed by atoms with E-state index in [9.17, 15) is 14.4 Å². The molecular weight excluding hydrogens is 462 g/mol. The van der Waals surface area contributed by atoms with Gasteiger partial charge in [-0.05, 0) is 62.4 Å². The molecule has 9 nitrogen and oxygen atoms in total. The van der Waals surface area contributed by atoms with E-state index in [1.54, 1.807) is 11.0 Å². The highest BCUT2D eigenvalue weighted by Gasteiger charge is 2.29. The first-order valence-electron chi connectivity index (χ1n) is 12.4. The van der Waals surface area contributed by atoms with Gasteiger partial charge in [-0.2, -0.15) is 0 Å². The lowest BCUT2D eigenvalue weighted by atomic mass is 9.98. The third kappa shape index (κ3) is 7.21. The molecule has 3 rings (SSSR count). The molecule has 1 aliphatic rings. The third-order valence-corrected chi connectivity index (χ3v) is 6.01. The predicted molar refractivity (Wildman–Crippen MR) is 137 cm³/mol. The van der Waals surface area contributed by atoms with Gasteiger partial charge in [-0.1, -0.05) is 18.2 Å². The van der Waals surface area contributed by atoms with Crippen LogP contribution in [-0.2, 0) is 22.4 Å². The van der Waals surface area contributed by atoms with Gasteiger partial charge in [-0.25, -0.2) is 0 Å². The molecule has 194 valence electrons. The van der Waals surface area contributed by atoms with Crippen LogP contribution in [0.1, 0.15) is 54.6 Å². The van der Waals surface area contributed by atoms with Crippen LogP contribution in [0.2, 0.25) is 0 Å². The molecule has 0 saturated heterocycles. The lowest BCUT2D eigenvalue weighted by molar-refractivity contribution is -0.137. The number of carboxylic acid groups (broad SMARTS) is 1. The maximum absolute atomic E-state index is 12.7. The van der Waals surface area contributed by atoms with Crippen molar-refractivity contribution in [2.24, 2.45) is 5.73 Å². The summed E-state index contributed by atoms with van der Waals surface area (Å²) in [4.78, 5) is 37.3. The number of hydrogen-bond donors (Lipinski definition) is 3. The summed E-state index contributed by atoms with van der Waals surface area (Å²) in [5.41, 5.74) is 8.45.